The van der Waals surface area contributed by atoms with Crippen LogP contribution in [0.2, 0.25) is 0 Å². The van der Waals surface area contributed by atoms with Crippen molar-refractivity contribution in [3.63, 3.8) is 0 Å². The van der Waals surface area contributed by atoms with Crippen molar-refractivity contribution < 1.29 is 14.3 Å². The molecule has 1 amide bonds. The highest BCUT2D eigenvalue weighted by molar-refractivity contribution is 9.10. The van der Waals surface area contributed by atoms with E-state index in [0.717, 1.165) is 23.1 Å². The molecule has 0 spiro atoms. The first-order chi connectivity index (χ1) is 10.7. The van der Waals surface area contributed by atoms with Gasteiger partial charge in [-0.3, -0.25) is 4.79 Å². The molecule has 0 unspecified atom stereocenters. The number of hydrogen-bond donors (Lipinski definition) is 1. The zero-order valence-electron chi connectivity index (χ0n) is 13.1. The van der Waals surface area contributed by atoms with Crippen molar-refractivity contribution in [3.05, 3.63) is 28.2 Å². The fraction of sp³-hybridized carbons (Fsp3) is 0.588. The van der Waals surface area contributed by atoms with Crippen LogP contribution in [-0.2, 0) is 4.74 Å². The van der Waals surface area contributed by atoms with Crippen LogP contribution in [0.15, 0.2) is 22.7 Å². The number of carbonyl (C=O) groups excluding carboxylic acids is 1. The van der Waals surface area contributed by atoms with Gasteiger partial charge in [-0.2, -0.15) is 0 Å². The molecule has 0 radical (unpaired) electrons. The Kier molecular flexibility index (Phi) is 7.19. The van der Waals surface area contributed by atoms with E-state index in [0.29, 0.717) is 24.8 Å². The summed E-state index contributed by atoms with van der Waals surface area (Å²) >= 11 is 3.46. The van der Waals surface area contributed by atoms with Crippen molar-refractivity contribution in [2.45, 2.75) is 44.6 Å². The van der Waals surface area contributed by atoms with Gasteiger partial charge >= 0.3 is 0 Å². The maximum Gasteiger partial charge on any atom is 0.251 e. The van der Waals surface area contributed by atoms with E-state index in [-0.39, 0.29) is 5.91 Å². The average molecular weight is 370 g/mol. The minimum atomic E-state index is -0.00367. The van der Waals surface area contributed by atoms with Gasteiger partial charge in [0, 0.05) is 18.7 Å². The average Bonchev–Trinajstić information content (AvgIpc) is 2.77. The van der Waals surface area contributed by atoms with E-state index in [9.17, 15) is 4.79 Å². The second-order valence-corrected chi connectivity index (χ2v) is 6.50. The second kappa shape index (κ2) is 9.16. The molecule has 1 N–H and O–H groups in total. The van der Waals surface area contributed by atoms with Crippen molar-refractivity contribution in [2.24, 2.45) is 0 Å². The number of halogens is 1. The normalized spacial score (nSPS) is 16.1. The molecular weight excluding hydrogens is 346 g/mol. The fourth-order valence-corrected chi connectivity index (χ4v) is 3.18. The summed E-state index contributed by atoms with van der Waals surface area (Å²) in [5, 5.41) is 3.15. The van der Waals surface area contributed by atoms with Gasteiger partial charge < -0.3 is 14.8 Å². The predicted molar refractivity (Wildman–Crippen MR) is 90.5 cm³/mol. The molecule has 122 valence electrons. The van der Waals surface area contributed by atoms with Crippen LogP contribution in [0.3, 0.4) is 0 Å². The first-order valence-corrected chi connectivity index (χ1v) is 8.72. The third-order valence-electron chi connectivity index (χ3n) is 3.93. The molecule has 4 nitrogen and oxygen atoms in total. The molecule has 0 atom stereocenters. The number of rotatable bonds is 6. The molecule has 1 aliphatic rings. The Balaban J connectivity index is 1.93. The molecule has 0 aromatic heterocycles. The summed E-state index contributed by atoms with van der Waals surface area (Å²) in [7, 11) is 1.64. The molecule has 0 aliphatic heterocycles. The van der Waals surface area contributed by atoms with Crippen molar-refractivity contribution in [1.82, 2.24) is 5.32 Å². The van der Waals surface area contributed by atoms with Crippen molar-refractivity contribution in [2.75, 3.05) is 20.3 Å². The van der Waals surface area contributed by atoms with Gasteiger partial charge in [0.25, 0.3) is 5.91 Å². The maximum atomic E-state index is 12.4. The predicted octanol–water partition coefficient (Wildman–Crippen LogP) is 3.93. The van der Waals surface area contributed by atoms with Crippen molar-refractivity contribution >= 4 is 21.8 Å². The van der Waals surface area contributed by atoms with Crippen LogP contribution < -0.4 is 10.1 Å². The van der Waals surface area contributed by atoms with Crippen LogP contribution in [0.5, 0.6) is 5.75 Å². The molecule has 0 heterocycles. The first kappa shape index (κ1) is 17.3. The van der Waals surface area contributed by atoms with E-state index in [1.807, 2.05) is 12.1 Å². The van der Waals surface area contributed by atoms with E-state index < -0.39 is 0 Å². The molecule has 0 bridgehead atoms. The van der Waals surface area contributed by atoms with Gasteiger partial charge in [-0.15, -0.1) is 0 Å². The van der Waals surface area contributed by atoms with Crippen LogP contribution in [-0.4, -0.2) is 32.3 Å². The van der Waals surface area contributed by atoms with Gasteiger partial charge in [0.15, 0.2) is 0 Å². The SMILES string of the molecule is COCCOc1ccc(C(=O)NC2CCCCCC2)cc1Br. The lowest BCUT2D eigenvalue weighted by atomic mass is 10.1. The molecule has 1 saturated carbocycles. The van der Waals surface area contributed by atoms with E-state index in [2.05, 4.69) is 21.2 Å². The summed E-state index contributed by atoms with van der Waals surface area (Å²) in [6.07, 6.45) is 7.16. The molecule has 5 heteroatoms. The second-order valence-electron chi connectivity index (χ2n) is 5.65. The lowest BCUT2D eigenvalue weighted by Gasteiger charge is -2.16. The Bertz CT molecular complexity index is 485. The van der Waals surface area contributed by atoms with Gasteiger partial charge in [0.1, 0.15) is 12.4 Å². The molecule has 1 aliphatic carbocycles. The molecule has 2 rings (SSSR count). The Morgan fingerprint density at radius 1 is 1.23 bits per heavy atom. The summed E-state index contributed by atoms with van der Waals surface area (Å²) < 4.78 is 11.3. The van der Waals surface area contributed by atoms with Crippen molar-refractivity contribution in [1.29, 1.82) is 0 Å². The van der Waals surface area contributed by atoms with E-state index in [4.69, 9.17) is 9.47 Å². The fourth-order valence-electron chi connectivity index (χ4n) is 2.69. The third-order valence-corrected chi connectivity index (χ3v) is 4.55. The lowest BCUT2D eigenvalue weighted by molar-refractivity contribution is 0.0933. The van der Waals surface area contributed by atoms with Gasteiger partial charge in [0.05, 0.1) is 11.1 Å². The quantitative estimate of drug-likeness (QED) is 0.610. The van der Waals surface area contributed by atoms with E-state index >= 15 is 0 Å². The molecule has 1 aromatic rings. The zero-order chi connectivity index (χ0) is 15.8. The van der Waals surface area contributed by atoms with Gasteiger partial charge in [-0.05, 0) is 47.0 Å². The van der Waals surface area contributed by atoms with Crippen LogP contribution in [0, 0.1) is 0 Å². The van der Waals surface area contributed by atoms with Crippen molar-refractivity contribution in [3.8, 4) is 5.75 Å². The van der Waals surface area contributed by atoms with E-state index in [1.165, 1.54) is 25.7 Å². The number of nitrogens with one attached hydrogen (secondary N) is 1. The van der Waals surface area contributed by atoms with E-state index in [1.54, 1.807) is 13.2 Å². The zero-order valence-corrected chi connectivity index (χ0v) is 14.7. The highest BCUT2D eigenvalue weighted by Crippen LogP contribution is 2.26. The topological polar surface area (TPSA) is 47.6 Å². The van der Waals surface area contributed by atoms with Crippen LogP contribution in [0.25, 0.3) is 0 Å². The first-order valence-electron chi connectivity index (χ1n) is 7.93. The standard InChI is InChI=1S/C17H24BrNO3/c1-21-10-11-22-16-9-8-13(12-15(16)18)17(20)19-14-6-4-2-3-5-7-14/h8-9,12,14H,2-7,10-11H2,1H3,(H,19,20). The number of methoxy groups -OCH3 is 1. The number of amides is 1. The Hall–Kier alpha value is -1.07. The summed E-state index contributed by atoms with van der Waals surface area (Å²) in [6, 6.07) is 5.75. The smallest absolute Gasteiger partial charge is 0.251 e. The molecule has 1 aromatic carbocycles. The van der Waals surface area contributed by atoms with Gasteiger partial charge in [-0.1, -0.05) is 25.7 Å². The molecule has 0 saturated heterocycles. The highest BCUT2D eigenvalue weighted by Gasteiger charge is 2.16. The molecule has 1 fully saturated rings. The number of carbonyl (C=O) groups is 1. The Morgan fingerprint density at radius 3 is 2.59 bits per heavy atom. The molecular formula is C17H24BrNO3. The maximum absolute atomic E-state index is 12.4. The Labute approximate surface area is 140 Å². The number of ether oxygens (including phenoxy) is 2. The molecule has 22 heavy (non-hydrogen) atoms. The van der Waals surface area contributed by atoms with Crippen LogP contribution >= 0.6 is 15.9 Å². The van der Waals surface area contributed by atoms with Gasteiger partial charge in [0.2, 0.25) is 0 Å². The van der Waals surface area contributed by atoms with Crippen LogP contribution in [0.1, 0.15) is 48.9 Å². The third kappa shape index (κ3) is 5.29. The summed E-state index contributed by atoms with van der Waals surface area (Å²) in [6.45, 7) is 1.03. The number of hydrogen-bond acceptors (Lipinski definition) is 3. The minimum Gasteiger partial charge on any atom is -0.490 e. The van der Waals surface area contributed by atoms with Gasteiger partial charge in [-0.25, -0.2) is 0 Å². The summed E-state index contributed by atoms with van der Waals surface area (Å²) in [4.78, 5) is 12.4. The number of benzene rings is 1. The summed E-state index contributed by atoms with van der Waals surface area (Å²) in [5.74, 6) is 0.721. The Morgan fingerprint density at radius 2 is 1.95 bits per heavy atom. The minimum absolute atomic E-state index is 0.00367. The monoisotopic (exact) mass is 369 g/mol. The highest BCUT2D eigenvalue weighted by atomic mass is 79.9. The largest absolute Gasteiger partial charge is 0.490 e. The summed E-state index contributed by atoms with van der Waals surface area (Å²) in [5.41, 5.74) is 0.662. The lowest BCUT2D eigenvalue weighted by Crippen LogP contribution is -2.34. The van der Waals surface area contributed by atoms with Crippen LogP contribution in [0.4, 0.5) is 0 Å².